The molecule has 0 aliphatic carbocycles. The van der Waals surface area contributed by atoms with E-state index < -0.39 is 0 Å². The van der Waals surface area contributed by atoms with Crippen LogP contribution in [0, 0.1) is 0 Å². The fourth-order valence-corrected chi connectivity index (χ4v) is 1.73. The van der Waals surface area contributed by atoms with Gasteiger partial charge in [-0.25, -0.2) is 0 Å². The standard InChI is InChI=1S/C14H14O2.H3P/c1-15-13-9-5-3-7-11(13)12-8-4-6-10-14(12)16-2;/h3-10H,1-2H3;1H3. The van der Waals surface area contributed by atoms with Crippen LogP contribution in [0.4, 0.5) is 0 Å². The first-order chi connectivity index (χ1) is 7.86. The van der Waals surface area contributed by atoms with E-state index in [-0.39, 0.29) is 9.90 Å². The third-order valence-electron chi connectivity index (χ3n) is 2.50. The van der Waals surface area contributed by atoms with Crippen LogP contribution in [0.2, 0.25) is 0 Å². The number of benzene rings is 2. The van der Waals surface area contributed by atoms with Crippen LogP contribution in [-0.2, 0) is 0 Å². The summed E-state index contributed by atoms with van der Waals surface area (Å²) in [5.41, 5.74) is 2.09. The average Bonchev–Trinajstić information content (AvgIpc) is 2.38. The molecule has 0 N–H and O–H groups in total. The number of hydrogen-bond acceptors (Lipinski definition) is 2. The minimum atomic E-state index is 0. The summed E-state index contributed by atoms with van der Waals surface area (Å²) in [6.07, 6.45) is 0. The van der Waals surface area contributed by atoms with Crippen molar-refractivity contribution in [2.24, 2.45) is 0 Å². The Morgan fingerprint density at radius 2 is 1.00 bits per heavy atom. The smallest absolute Gasteiger partial charge is 0.126 e. The molecule has 0 bridgehead atoms. The maximum Gasteiger partial charge on any atom is 0.126 e. The normalized spacial score (nSPS) is 9.29. The molecule has 17 heavy (non-hydrogen) atoms. The molecule has 0 aromatic heterocycles. The fourth-order valence-electron chi connectivity index (χ4n) is 1.73. The van der Waals surface area contributed by atoms with Crippen molar-refractivity contribution in [3.05, 3.63) is 48.5 Å². The number of hydrogen-bond donors (Lipinski definition) is 0. The predicted molar refractivity (Wildman–Crippen MR) is 76.1 cm³/mol. The lowest BCUT2D eigenvalue weighted by Gasteiger charge is -2.11. The molecule has 1 unspecified atom stereocenters. The number of methoxy groups -OCH3 is 2. The Hall–Kier alpha value is -1.53. The lowest BCUT2D eigenvalue weighted by atomic mass is 10.0. The SMILES string of the molecule is COc1ccccc1-c1ccccc1OC.P. The zero-order valence-corrected chi connectivity index (χ0v) is 11.6. The van der Waals surface area contributed by atoms with Gasteiger partial charge in [0.2, 0.25) is 0 Å². The van der Waals surface area contributed by atoms with Gasteiger partial charge in [0.05, 0.1) is 14.2 Å². The molecule has 0 spiro atoms. The minimum absolute atomic E-state index is 0. The largest absolute Gasteiger partial charge is 0.496 e. The van der Waals surface area contributed by atoms with Crippen LogP contribution in [0.25, 0.3) is 11.1 Å². The van der Waals surface area contributed by atoms with Crippen molar-refractivity contribution in [2.45, 2.75) is 0 Å². The highest BCUT2D eigenvalue weighted by Crippen LogP contribution is 2.35. The van der Waals surface area contributed by atoms with Crippen molar-refractivity contribution >= 4 is 9.90 Å². The molecule has 2 nitrogen and oxygen atoms in total. The lowest BCUT2D eigenvalue weighted by Crippen LogP contribution is -1.90. The molecule has 0 amide bonds. The summed E-state index contributed by atoms with van der Waals surface area (Å²) in [5, 5.41) is 0. The molecule has 2 aromatic rings. The van der Waals surface area contributed by atoms with Crippen LogP contribution in [0.3, 0.4) is 0 Å². The molecule has 1 atom stereocenters. The third kappa shape index (κ3) is 2.78. The molecule has 2 aromatic carbocycles. The summed E-state index contributed by atoms with van der Waals surface area (Å²) >= 11 is 0. The van der Waals surface area contributed by atoms with Gasteiger partial charge in [0.25, 0.3) is 0 Å². The average molecular weight is 248 g/mol. The van der Waals surface area contributed by atoms with Gasteiger partial charge in [0, 0.05) is 11.1 Å². The van der Waals surface area contributed by atoms with E-state index in [9.17, 15) is 0 Å². The van der Waals surface area contributed by atoms with Crippen molar-refractivity contribution in [2.75, 3.05) is 14.2 Å². The van der Waals surface area contributed by atoms with Gasteiger partial charge in [-0.3, -0.25) is 0 Å². The van der Waals surface area contributed by atoms with Gasteiger partial charge in [-0.1, -0.05) is 36.4 Å². The molecular weight excluding hydrogens is 231 g/mol. The quantitative estimate of drug-likeness (QED) is 0.775. The first-order valence-electron chi connectivity index (χ1n) is 5.13. The molecule has 0 radical (unpaired) electrons. The highest BCUT2D eigenvalue weighted by Gasteiger charge is 2.08. The van der Waals surface area contributed by atoms with E-state index in [2.05, 4.69) is 0 Å². The van der Waals surface area contributed by atoms with Crippen LogP contribution < -0.4 is 9.47 Å². The second-order valence-electron chi connectivity index (χ2n) is 3.40. The summed E-state index contributed by atoms with van der Waals surface area (Å²) in [6.45, 7) is 0. The van der Waals surface area contributed by atoms with Crippen LogP contribution in [-0.4, -0.2) is 14.2 Å². The molecule has 3 heteroatoms. The Labute approximate surface area is 105 Å². The van der Waals surface area contributed by atoms with Crippen molar-refractivity contribution in [3.8, 4) is 22.6 Å². The number of rotatable bonds is 3. The van der Waals surface area contributed by atoms with E-state index in [1.165, 1.54) is 0 Å². The lowest BCUT2D eigenvalue weighted by molar-refractivity contribution is 0.410. The van der Waals surface area contributed by atoms with Crippen molar-refractivity contribution in [1.29, 1.82) is 0 Å². The highest BCUT2D eigenvalue weighted by atomic mass is 31.0. The summed E-state index contributed by atoms with van der Waals surface area (Å²) in [5.74, 6) is 1.71. The van der Waals surface area contributed by atoms with Gasteiger partial charge in [-0.15, -0.1) is 0 Å². The molecule has 0 fully saturated rings. The Bertz CT molecular complexity index is 438. The summed E-state index contributed by atoms with van der Waals surface area (Å²) in [7, 11) is 3.35. The minimum Gasteiger partial charge on any atom is -0.496 e. The van der Waals surface area contributed by atoms with Crippen LogP contribution >= 0.6 is 9.90 Å². The second kappa shape index (κ2) is 6.27. The zero-order chi connectivity index (χ0) is 11.4. The first-order valence-corrected chi connectivity index (χ1v) is 5.13. The topological polar surface area (TPSA) is 18.5 Å². The Balaban J connectivity index is 0.00000144. The third-order valence-corrected chi connectivity index (χ3v) is 2.50. The van der Waals surface area contributed by atoms with E-state index in [1.54, 1.807) is 14.2 Å². The van der Waals surface area contributed by atoms with Gasteiger partial charge < -0.3 is 9.47 Å². The van der Waals surface area contributed by atoms with Crippen molar-refractivity contribution < 1.29 is 9.47 Å². The number of para-hydroxylation sites is 2. The molecule has 0 aliphatic rings. The van der Waals surface area contributed by atoms with Gasteiger partial charge in [0.1, 0.15) is 11.5 Å². The fraction of sp³-hybridized carbons (Fsp3) is 0.143. The first kappa shape index (κ1) is 13.5. The van der Waals surface area contributed by atoms with Crippen molar-refractivity contribution in [3.63, 3.8) is 0 Å². The van der Waals surface area contributed by atoms with Gasteiger partial charge in [-0.2, -0.15) is 9.90 Å². The summed E-state index contributed by atoms with van der Waals surface area (Å²) < 4.78 is 10.7. The summed E-state index contributed by atoms with van der Waals surface area (Å²) in [6, 6.07) is 15.8. The van der Waals surface area contributed by atoms with Gasteiger partial charge in [0.15, 0.2) is 0 Å². The van der Waals surface area contributed by atoms with Crippen molar-refractivity contribution in [1.82, 2.24) is 0 Å². The van der Waals surface area contributed by atoms with Gasteiger partial charge >= 0.3 is 0 Å². The Morgan fingerprint density at radius 1 is 0.647 bits per heavy atom. The molecule has 0 saturated heterocycles. The maximum atomic E-state index is 5.34. The molecule has 2 rings (SSSR count). The zero-order valence-electron chi connectivity index (χ0n) is 10.1. The molecule has 0 saturated carbocycles. The Morgan fingerprint density at radius 3 is 1.35 bits per heavy atom. The van der Waals surface area contributed by atoms with Gasteiger partial charge in [-0.05, 0) is 12.1 Å². The van der Waals surface area contributed by atoms with E-state index in [4.69, 9.17) is 9.47 Å². The number of ether oxygens (including phenoxy) is 2. The van der Waals surface area contributed by atoms with Crippen LogP contribution in [0.5, 0.6) is 11.5 Å². The molecule has 90 valence electrons. The maximum absolute atomic E-state index is 5.34. The van der Waals surface area contributed by atoms with E-state index in [0.717, 1.165) is 22.6 Å². The van der Waals surface area contributed by atoms with Crippen LogP contribution in [0.15, 0.2) is 48.5 Å². The Kier molecular flexibility index (Phi) is 4.99. The monoisotopic (exact) mass is 248 g/mol. The van der Waals surface area contributed by atoms with E-state index >= 15 is 0 Å². The van der Waals surface area contributed by atoms with Crippen LogP contribution in [0.1, 0.15) is 0 Å². The van der Waals surface area contributed by atoms with E-state index in [0.29, 0.717) is 0 Å². The molecule has 0 heterocycles. The molecule has 0 aliphatic heterocycles. The summed E-state index contributed by atoms with van der Waals surface area (Å²) in [4.78, 5) is 0. The van der Waals surface area contributed by atoms with E-state index in [1.807, 2.05) is 48.5 Å². The highest BCUT2D eigenvalue weighted by molar-refractivity contribution is 6.92. The molecular formula is C14H17O2P. The second-order valence-corrected chi connectivity index (χ2v) is 3.40. The predicted octanol–water partition coefficient (Wildman–Crippen LogP) is 3.43.